The topological polar surface area (TPSA) is 69.5 Å². The van der Waals surface area contributed by atoms with Crippen molar-refractivity contribution in [1.82, 2.24) is 14.8 Å². The average Bonchev–Trinajstić information content (AvgIpc) is 3.43. The first kappa shape index (κ1) is 23.2. The van der Waals surface area contributed by atoms with E-state index in [1.807, 2.05) is 30.3 Å². The lowest BCUT2D eigenvalue weighted by Crippen LogP contribution is -2.22. The van der Waals surface area contributed by atoms with Crippen molar-refractivity contribution in [1.29, 1.82) is 0 Å². The highest BCUT2D eigenvalue weighted by atomic mass is 35.5. The summed E-state index contributed by atoms with van der Waals surface area (Å²) in [5.41, 5.74) is 2.05. The minimum absolute atomic E-state index is 0. The summed E-state index contributed by atoms with van der Waals surface area (Å²) in [5.74, 6) is 0.426. The molecule has 0 bridgehead atoms. The van der Waals surface area contributed by atoms with Gasteiger partial charge in [-0.1, -0.05) is 18.2 Å². The van der Waals surface area contributed by atoms with E-state index < -0.39 is 0 Å². The number of hydrogen-bond acceptors (Lipinski definition) is 6. The molecule has 31 heavy (non-hydrogen) atoms. The van der Waals surface area contributed by atoms with Crippen molar-refractivity contribution in [3.63, 3.8) is 0 Å². The number of carbonyl (C=O) groups excluding carboxylic acids is 1. The van der Waals surface area contributed by atoms with Crippen LogP contribution in [0.1, 0.15) is 30.1 Å². The Hall–Kier alpha value is -2.51. The summed E-state index contributed by atoms with van der Waals surface area (Å²) in [6.45, 7) is 4.73. The van der Waals surface area contributed by atoms with Crippen molar-refractivity contribution in [2.45, 2.75) is 31.7 Å². The second kappa shape index (κ2) is 10.7. The molecule has 1 fully saturated rings. The fourth-order valence-electron chi connectivity index (χ4n) is 3.73. The van der Waals surface area contributed by atoms with E-state index in [1.165, 1.54) is 0 Å². The zero-order valence-corrected chi connectivity index (χ0v) is 18.9. The number of esters is 1. The number of nitrogens with zero attached hydrogens (tertiary/aromatic N) is 4. The molecular weight excluding hydrogens is 439 g/mol. The van der Waals surface area contributed by atoms with Crippen LogP contribution in [0.3, 0.4) is 0 Å². The minimum atomic E-state index is -0.354. The van der Waals surface area contributed by atoms with Crippen molar-refractivity contribution in [2.75, 3.05) is 31.2 Å². The number of aromatic nitrogens is 3. The highest BCUT2D eigenvalue weighted by molar-refractivity contribution is 6.20. The lowest BCUT2D eigenvalue weighted by atomic mass is 10.1. The van der Waals surface area contributed by atoms with Crippen LogP contribution in [0.25, 0.3) is 11.0 Å². The first-order valence-corrected chi connectivity index (χ1v) is 10.7. The summed E-state index contributed by atoms with van der Waals surface area (Å²) in [4.78, 5) is 19.3. The molecule has 0 amide bonds. The number of rotatable bonds is 8. The van der Waals surface area contributed by atoms with Gasteiger partial charge in [-0.05, 0) is 31.9 Å². The fraction of sp³-hybridized carbons (Fsp3) is 0.409. The summed E-state index contributed by atoms with van der Waals surface area (Å²) in [5, 5.41) is 5.06. The lowest BCUT2D eigenvalue weighted by Gasteiger charge is -2.21. The van der Waals surface area contributed by atoms with Crippen molar-refractivity contribution in [3.8, 4) is 5.75 Å². The Bertz CT molecular complexity index is 1010. The molecule has 1 aliphatic rings. The van der Waals surface area contributed by atoms with Crippen LogP contribution >= 0.6 is 24.0 Å². The number of alkyl halides is 1. The molecule has 0 spiro atoms. The van der Waals surface area contributed by atoms with E-state index in [0.717, 1.165) is 42.8 Å². The first-order valence-electron chi connectivity index (χ1n) is 10.3. The third kappa shape index (κ3) is 5.22. The predicted octanol–water partition coefficient (Wildman–Crippen LogP) is 4.32. The second-order valence-corrected chi connectivity index (χ2v) is 7.84. The molecule has 1 atom stereocenters. The number of carbonyl (C=O) groups is 1. The maximum absolute atomic E-state index is 12.5. The molecule has 3 heterocycles. The Balaban J connectivity index is 0.00000272. The highest BCUT2D eigenvalue weighted by Crippen LogP contribution is 2.32. The van der Waals surface area contributed by atoms with Crippen LogP contribution in [-0.4, -0.2) is 52.4 Å². The fourth-order valence-corrected chi connectivity index (χ4v) is 3.92. The molecule has 2 aromatic heterocycles. The van der Waals surface area contributed by atoms with Crippen LogP contribution in [0, 0.1) is 0 Å². The van der Waals surface area contributed by atoms with Gasteiger partial charge in [-0.3, -0.25) is 0 Å². The number of hydrogen-bond donors (Lipinski definition) is 0. The van der Waals surface area contributed by atoms with Crippen LogP contribution in [0.2, 0.25) is 0 Å². The van der Waals surface area contributed by atoms with E-state index in [9.17, 15) is 4.79 Å². The van der Waals surface area contributed by atoms with E-state index in [4.69, 9.17) is 21.1 Å². The van der Waals surface area contributed by atoms with E-state index >= 15 is 0 Å². The minimum Gasteiger partial charge on any atom is -0.492 e. The van der Waals surface area contributed by atoms with Crippen LogP contribution in [0.15, 0.2) is 42.7 Å². The van der Waals surface area contributed by atoms with Gasteiger partial charge in [-0.2, -0.15) is 5.10 Å². The monoisotopic (exact) mass is 464 g/mol. The molecule has 0 N–H and O–H groups in total. The van der Waals surface area contributed by atoms with Gasteiger partial charge in [0, 0.05) is 19.3 Å². The Kier molecular flexibility index (Phi) is 7.98. The van der Waals surface area contributed by atoms with Crippen molar-refractivity contribution >= 4 is 46.7 Å². The molecule has 1 unspecified atom stereocenters. The zero-order valence-electron chi connectivity index (χ0n) is 17.4. The van der Waals surface area contributed by atoms with E-state index in [1.54, 1.807) is 24.0 Å². The van der Waals surface area contributed by atoms with Gasteiger partial charge in [0.15, 0.2) is 5.65 Å². The van der Waals surface area contributed by atoms with Crippen molar-refractivity contribution in [3.05, 3.63) is 48.3 Å². The zero-order chi connectivity index (χ0) is 20.9. The molecule has 3 aromatic rings. The average molecular weight is 465 g/mol. The standard InChI is InChI=1S/C22H25ClN4O3.ClH/c1-2-29-22(28)19-12-24-21-18(20(19)26-10-6-7-11-26)13-25-27(21)14-16(23)15-30-17-8-4-3-5-9-17;/h3-5,8-9,12-13,16H,2,6-7,10-11,14-15H2,1H3;1H. The Morgan fingerprint density at radius 2 is 1.94 bits per heavy atom. The number of anilines is 1. The van der Waals surface area contributed by atoms with E-state index in [2.05, 4.69) is 15.0 Å². The van der Waals surface area contributed by atoms with Crippen molar-refractivity contribution in [2.24, 2.45) is 0 Å². The molecule has 1 saturated heterocycles. The van der Waals surface area contributed by atoms with E-state index in [0.29, 0.717) is 31.0 Å². The number of pyridine rings is 1. The van der Waals surface area contributed by atoms with Gasteiger partial charge in [0.2, 0.25) is 0 Å². The van der Waals surface area contributed by atoms with Gasteiger partial charge in [-0.25, -0.2) is 14.5 Å². The third-order valence-electron chi connectivity index (χ3n) is 5.10. The third-order valence-corrected chi connectivity index (χ3v) is 5.36. The molecule has 1 aliphatic heterocycles. The maximum atomic E-state index is 12.5. The van der Waals surface area contributed by atoms with E-state index in [-0.39, 0.29) is 23.8 Å². The molecule has 0 saturated carbocycles. The van der Waals surface area contributed by atoms with Gasteiger partial charge < -0.3 is 14.4 Å². The summed E-state index contributed by atoms with van der Waals surface area (Å²) in [7, 11) is 0. The lowest BCUT2D eigenvalue weighted by molar-refractivity contribution is 0.0527. The number of ether oxygens (including phenoxy) is 2. The second-order valence-electron chi connectivity index (χ2n) is 7.22. The number of benzene rings is 1. The summed E-state index contributed by atoms with van der Waals surface area (Å²) >= 11 is 6.51. The first-order chi connectivity index (χ1) is 14.7. The largest absolute Gasteiger partial charge is 0.492 e. The Labute approximate surface area is 192 Å². The summed E-state index contributed by atoms with van der Waals surface area (Å²) in [6.07, 6.45) is 5.55. The predicted molar refractivity (Wildman–Crippen MR) is 124 cm³/mol. The van der Waals surface area contributed by atoms with Crippen LogP contribution in [-0.2, 0) is 11.3 Å². The molecule has 1 aromatic carbocycles. The molecule has 166 valence electrons. The Morgan fingerprint density at radius 3 is 2.65 bits per heavy atom. The highest BCUT2D eigenvalue weighted by Gasteiger charge is 2.25. The number of para-hydroxylation sites is 1. The molecule has 4 rings (SSSR count). The molecule has 0 radical (unpaired) electrons. The van der Waals surface area contributed by atoms with Gasteiger partial charge in [-0.15, -0.1) is 24.0 Å². The summed E-state index contributed by atoms with van der Waals surface area (Å²) in [6, 6.07) is 9.57. The Morgan fingerprint density at radius 1 is 1.19 bits per heavy atom. The van der Waals surface area contributed by atoms with Crippen LogP contribution in [0.4, 0.5) is 5.69 Å². The number of fused-ring (bicyclic) bond motifs is 1. The SMILES string of the molecule is CCOC(=O)c1cnc2c(cnn2CC(Cl)COc2ccccc2)c1N1CCCC1.Cl. The normalized spacial score (nSPS) is 14.3. The molecule has 7 nitrogen and oxygen atoms in total. The quantitative estimate of drug-likeness (QED) is 0.365. The van der Waals surface area contributed by atoms with Crippen LogP contribution in [0.5, 0.6) is 5.75 Å². The number of halogens is 2. The summed E-state index contributed by atoms with van der Waals surface area (Å²) < 4.78 is 12.8. The molecular formula is C22H26Cl2N4O3. The van der Waals surface area contributed by atoms with Gasteiger partial charge >= 0.3 is 5.97 Å². The van der Waals surface area contributed by atoms with Gasteiger partial charge in [0.25, 0.3) is 0 Å². The van der Waals surface area contributed by atoms with Gasteiger partial charge in [0.1, 0.15) is 17.9 Å². The smallest absolute Gasteiger partial charge is 0.341 e. The van der Waals surface area contributed by atoms with Crippen molar-refractivity contribution < 1.29 is 14.3 Å². The molecule has 9 heteroatoms. The van der Waals surface area contributed by atoms with Gasteiger partial charge in [0.05, 0.1) is 35.8 Å². The maximum Gasteiger partial charge on any atom is 0.341 e. The molecule has 0 aliphatic carbocycles. The van der Waals surface area contributed by atoms with Crippen LogP contribution < -0.4 is 9.64 Å².